The van der Waals surface area contributed by atoms with E-state index in [1.165, 1.54) is 0 Å². The molecule has 0 N–H and O–H groups in total. The molecule has 0 fully saturated rings. The van der Waals surface area contributed by atoms with Crippen LogP contribution in [0.1, 0.15) is 32.0 Å². The normalized spacial score (nSPS) is 12.6. The Morgan fingerprint density at radius 3 is 2.40 bits per heavy atom. The van der Waals surface area contributed by atoms with Crippen molar-refractivity contribution >= 4 is 54.8 Å². The van der Waals surface area contributed by atoms with Crippen molar-refractivity contribution in [3.8, 4) is 5.75 Å². The Morgan fingerprint density at radius 2 is 1.90 bits per heavy atom. The molecule has 0 saturated carbocycles. The summed E-state index contributed by atoms with van der Waals surface area (Å²) in [6, 6.07) is 2.08. The van der Waals surface area contributed by atoms with Gasteiger partial charge in [-0.05, 0) is 48.9 Å². The van der Waals surface area contributed by atoms with E-state index < -0.39 is 0 Å². The zero-order valence-corrected chi connectivity index (χ0v) is 16.4. The van der Waals surface area contributed by atoms with Crippen molar-refractivity contribution < 1.29 is 4.74 Å². The molecule has 2 aromatic rings. The fourth-order valence-electron chi connectivity index (χ4n) is 2.20. The van der Waals surface area contributed by atoms with Crippen LogP contribution in [0.5, 0.6) is 5.75 Å². The second-order valence-corrected chi connectivity index (χ2v) is 7.77. The summed E-state index contributed by atoms with van der Waals surface area (Å²) < 4.78 is 6.69. The number of hydrogen-bond donors (Lipinski definition) is 0. The third-order valence-electron chi connectivity index (χ3n) is 3.32. The molecule has 1 atom stereocenters. The molecule has 0 bridgehead atoms. The molecule has 0 aliphatic rings. The van der Waals surface area contributed by atoms with Crippen LogP contribution in [0.4, 0.5) is 0 Å². The van der Waals surface area contributed by atoms with Crippen LogP contribution >= 0.6 is 54.8 Å². The number of hydrogen-bond acceptors (Lipinski definition) is 2. The highest BCUT2D eigenvalue weighted by molar-refractivity contribution is 9.10. The molecule has 0 aliphatic heterocycles. The Balaban J connectivity index is 2.65. The van der Waals surface area contributed by atoms with Gasteiger partial charge < -0.3 is 4.74 Å². The van der Waals surface area contributed by atoms with Crippen molar-refractivity contribution in [2.24, 2.45) is 0 Å². The summed E-state index contributed by atoms with van der Waals surface area (Å²) in [4.78, 5) is 1.14. The van der Waals surface area contributed by atoms with Gasteiger partial charge in [0.05, 0.1) is 17.0 Å². The van der Waals surface area contributed by atoms with Gasteiger partial charge in [-0.1, -0.05) is 43.5 Å². The molecule has 20 heavy (non-hydrogen) atoms. The summed E-state index contributed by atoms with van der Waals surface area (Å²) in [5.74, 6) is 0.912. The fourth-order valence-corrected chi connectivity index (χ4v) is 5.28. The third kappa shape index (κ3) is 2.80. The maximum Gasteiger partial charge on any atom is 0.126 e. The fraction of sp³-hybridized carbons (Fsp3) is 0.333. The lowest BCUT2D eigenvalue weighted by Gasteiger charge is -2.20. The summed E-state index contributed by atoms with van der Waals surface area (Å²) in [7, 11) is 1.71. The van der Waals surface area contributed by atoms with Gasteiger partial charge in [0.1, 0.15) is 5.75 Å². The van der Waals surface area contributed by atoms with Gasteiger partial charge in [0, 0.05) is 14.9 Å². The lowest BCUT2D eigenvalue weighted by molar-refractivity contribution is 0.407. The predicted octanol–water partition coefficient (Wildman–Crippen LogP) is 6.58. The van der Waals surface area contributed by atoms with Crippen LogP contribution < -0.4 is 4.74 Å². The van der Waals surface area contributed by atoms with Crippen molar-refractivity contribution in [2.45, 2.75) is 25.6 Å². The van der Waals surface area contributed by atoms with Crippen molar-refractivity contribution in [1.29, 1.82) is 0 Å². The van der Waals surface area contributed by atoms with E-state index in [0.717, 1.165) is 42.4 Å². The van der Waals surface area contributed by atoms with Crippen molar-refractivity contribution in [2.75, 3.05) is 7.11 Å². The van der Waals surface area contributed by atoms with Crippen molar-refractivity contribution in [1.82, 2.24) is 0 Å². The van der Waals surface area contributed by atoms with Crippen LogP contribution in [0.2, 0.25) is 5.02 Å². The van der Waals surface area contributed by atoms with Crippen LogP contribution in [0, 0.1) is 20.8 Å². The van der Waals surface area contributed by atoms with E-state index in [1.54, 1.807) is 18.4 Å². The zero-order valence-electron chi connectivity index (χ0n) is 11.7. The van der Waals surface area contributed by atoms with Gasteiger partial charge in [-0.25, -0.2) is 0 Å². The summed E-state index contributed by atoms with van der Waals surface area (Å²) >= 11 is 15.5. The van der Waals surface area contributed by atoms with E-state index in [-0.39, 0.29) is 4.83 Å². The Morgan fingerprint density at radius 1 is 1.25 bits per heavy atom. The highest BCUT2D eigenvalue weighted by Crippen LogP contribution is 2.47. The van der Waals surface area contributed by atoms with Crippen LogP contribution in [0.15, 0.2) is 15.9 Å². The van der Waals surface area contributed by atoms with Gasteiger partial charge in [0.2, 0.25) is 0 Å². The second kappa shape index (κ2) is 6.39. The highest BCUT2D eigenvalue weighted by atomic mass is 79.9. The predicted molar refractivity (Wildman–Crippen MR) is 95.0 cm³/mol. The van der Waals surface area contributed by atoms with Gasteiger partial charge in [-0.2, -0.15) is 0 Å². The minimum absolute atomic E-state index is 0.0276. The molecule has 1 nitrogen and oxygen atoms in total. The lowest BCUT2D eigenvalue weighted by Crippen LogP contribution is -2.02. The molecular weight excluding hydrogens is 423 g/mol. The largest absolute Gasteiger partial charge is 0.496 e. The number of halogens is 3. The Kier molecular flexibility index (Phi) is 5.22. The monoisotopic (exact) mass is 436 g/mol. The first-order valence-electron chi connectivity index (χ1n) is 6.09. The lowest BCUT2D eigenvalue weighted by atomic mass is 10.00. The number of alkyl halides is 1. The van der Waals surface area contributed by atoms with Crippen LogP contribution in [-0.2, 0) is 0 Å². The van der Waals surface area contributed by atoms with Crippen LogP contribution in [0.3, 0.4) is 0 Å². The first kappa shape index (κ1) is 16.3. The number of ether oxygens (including phenoxy) is 1. The van der Waals surface area contributed by atoms with Crippen molar-refractivity contribution in [3.05, 3.63) is 48.1 Å². The molecule has 0 saturated heterocycles. The van der Waals surface area contributed by atoms with E-state index in [4.69, 9.17) is 16.3 Å². The number of rotatable bonds is 3. The standard InChI is InChI=1S/C15H15Br2ClOS/c1-7-5-10(16)9(3)11(14(7)19-4)12(17)15-13(18)8(2)6-20-15/h5-6,12H,1-4H3. The van der Waals surface area contributed by atoms with Gasteiger partial charge in [-0.15, -0.1) is 11.3 Å². The molecule has 0 amide bonds. The zero-order chi connectivity index (χ0) is 15.0. The SMILES string of the molecule is COc1c(C)cc(Br)c(C)c1C(Br)c1scc(C)c1Cl. The molecule has 108 valence electrons. The third-order valence-corrected chi connectivity index (χ3v) is 7.14. The van der Waals surface area contributed by atoms with E-state index in [2.05, 4.69) is 50.2 Å². The number of methoxy groups -OCH3 is 1. The average Bonchev–Trinajstić information content (AvgIpc) is 2.73. The van der Waals surface area contributed by atoms with E-state index >= 15 is 0 Å². The summed E-state index contributed by atoms with van der Waals surface area (Å²) in [5, 5.41) is 2.91. The molecule has 1 unspecified atom stereocenters. The highest BCUT2D eigenvalue weighted by Gasteiger charge is 2.24. The molecule has 0 aliphatic carbocycles. The summed E-state index contributed by atoms with van der Waals surface area (Å²) in [5.41, 5.74) is 4.51. The number of thiophene rings is 1. The minimum Gasteiger partial charge on any atom is -0.496 e. The molecule has 0 radical (unpaired) electrons. The van der Waals surface area contributed by atoms with Gasteiger partial charge in [-0.3, -0.25) is 0 Å². The molecule has 1 heterocycles. The smallest absolute Gasteiger partial charge is 0.126 e. The first-order valence-corrected chi connectivity index (χ1v) is 9.06. The average molecular weight is 439 g/mol. The minimum atomic E-state index is 0.0276. The Labute approximate surface area is 145 Å². The maximum absolute atomic E-state index is 6.41. The van der Waals surface area contributed by atoms with E-state index in [0.29, 0.717) is 0 Å². The molecule has 0 spiro atoms. The molecule has 2 rings (SSSR count). The molecule has 1 aromatic heterocycles. The quantitative estimate of drug-likeness (QED) is 0.492. The van der Waals surface area contributed by atoms with Gasteiger partial charge in [0.15, 0.2) is 0 Å². The van der Waals surface area contributed by atoms with E-state index in [1.807, 2.05) is 13.8 Å². The number of aryl methyl sites for hydroxylation is 2. The second-order valence-electron chi connectivity index (χ2n) is 4.71. The topological polar surface area (TPSA) is 9.23 Å². The molecule has 5 heteroatoms. The number of benzene rings is 1. The Hall–Kier alpha value is -0.0300. The van der Waals surface area contributed by atoms with Gasteiger partial charge in [0.25, 0.3) is 0 Å². The molecule has 1 aromatic carbocycles. The first-order chi connectivity index (χ1) is 9.38. The maximum atomic E-state index is 6.41. The van der Waals surface area contributed by atoms with Crippen molar-refractivity contribution in [3.63, 3.8) is 0 Å². The van der Waals surface area contributed by atoms with Crippen LogP contribution in [-0.4, -0.2) is 7.11 Å². The van der Waals surface area contributed by atoms with Crippen LogP contribution in [0.25, 0.3) is 0 Å². The van der Waals surface area contributed by atoms with Gasteiger partial charge >= 0.3 is 0 Å². The van der Waals surface area contributed by atoms with E-state index in [9.17, 15) is 0 Å². The molecular formula is C15H15Br2ClOS. The summed E-state index contributed by atoms with van der Waals surface area (Å²) in [6.07, 6.45) is 0. The Bertz CT molecular complexity index is 652. The summed E-state index contributed by atoms with van der Waals surface area (Å²) in [6.45, 7) is 6.16.